The first-order valence-corrected chi connectivity index (χ1v) is 7.51. The maximum atomic E-state index is 12.0. The van der Waals surface area contributed by atoms with Gasteiger partial charge in [-0.05, 0) is 18.6 Å². The maximum Gasteiger partial charge on any atom is 0.307 e. The van der Waals surface area contributed by atoms with Crippen LogP contribution in [0.5, 0.6) is 0 Å². The minimum Gasteiger partial charge on any atom is -0.481 e. The lowest BCUT2D eigenvalue weighted by atomic mass is 10.2. The lowest BCUT2D eigenvalue weighted by Gasteiger charge is -2.10. The van der Waals surface area contributed by atoms with Crippen molar-refractivity contribution in [2.24, 2.45) is 17.6 Å². The molecule has 1 saturated carbocycles. The number of hydrogen-bond donors (Lipinski definition) is 3. The topological polar surface area (TPSA) is 109 Å². The molecule has 0 saturated heterocycles. The first-order chi connectivity index (χ1) is 9.99. The molecular formula is C14H16N2O4S. The number of amides is 2. The van der Waals surface area contributed by atoms with Crippen LogP contribution < -0.4 is 11.1 Å². The van der Waals surface area contributed by atoms with Gasteiger partial charge in [0.05, 0.1) is 17.5 Å². The van der Waals surface area contributed by atoms with E-state index in [-0.39, 0.29) is 18.2 Å². The molecule has 1 fully saturated rings. The van der Waals surface area contributed by atoms with Gasteiger partial charge in [-0.3, -0.25) is 14.4 Å². The Hall–Kier alpha value is -2.02. The van der Waals surface area contributed by atoms with Gasteiger partial charge >= 0.3 is 5.97 Å². The molecule has 2 amide bonds. The highest BCUT2D eigenvalue weighted by Crippen LogP contribution is 2.40. The van der Waals surface area contributed by atoms with Gasteiger partial charge in [0.25, 0.3) is 0 Å². The highest BCUT2D eigenvalue weighted by molar-refractivity contribution is 7.99. The van der Waals surface area contributed by atoms with Gasteiger partial charge in [-0.1, -0.05) is 12.1 Å². The number of thioether (sulfide) groups is 1. The number of para-hydroxylation sites is 1. The average molecular weight is 308 g/mol. The normalized spacial score (nSPS) is 19.8. The van der Waals surface area contributed by atoms with E-state index in [1.807, 2.05) is 12.1 Å². The number of carboxylic acids is 1. The second-order valence-corrected chi connectivity index (χ2v) is 5.97. The van der Waals surface area contributed by atoms with Crippen molar-refractivity contribution in [1.82, 2.24) is 0 Å². The quantitative estimate of drug-likeness (QED) is 0.658. The van der Waals surface area contributed by atoms with Gasteiger partial charge in [0, 0.05) is 17.1 Å². The van der Waals surface area contributed by atoms with Crippen molar-refractivity contribution >= 4 is 35.2 Å². The highest BCUT2D eigenvalue weighted by atomic mass is 32.2. The van der Waals surface area contributed by atoms with Crippen LogP contribution in [-0.2, 0) is 14.4 Å². The van der Waals surface area contributed by atoms with E-state index in [9.17, 15) is 14.4 Å². The minimum absolute atomic E-state index is 0.261. The fourth-order valence-electron chi connectivity index (χ4n) is 1.94. The Bertz CT molecular complexity index is 576. The molecule has 4 N–H and O–H groups in total. The fraction of sp³-hybridized carbons (Fsp3) is 0.357. The van der Waals surface area contributed by atoms with Crippen LogP contribution in [0, 0.1) is 11.8 Å². The number of nitrogens with one attached hydrogen (secondary N) is 1. The van der Waals surface area contributed by atoms with Gasteiger partial charge in [-0.15, -0.1) is 11.8 Å². The molecule has 1 aromatic carbocycles. The van der Waals surface area contributed by atoms with E-state index in [1.165, 1.54) is 11.8 Å². The first-order valence-electron chi connectivity index (χ1n) is 6.53. The molecule has 2 rings (SSSR count). The zero-order valence-corrected chi connectivity index (χ0v) is 12.1. The molecule has 1 aliphatic carbocycles. The molecule has 1 aliphatic rings. The molecule has 7 heteroatoms. The molecule has 0 aliphatic heterocycles. The van der Waals surface area contributed by atoms with Crippen LogP contribution in [0.3, 0.4) is 0 Å². The summed E-state index contributed by atoms with van der Waals surface area (Å²) in [6.07, 6.45) is 0.648. The smallest absolute Gasteiger partial charge is 0.307 e. The number of nitrogens with two attached hydrogens (primary N) is 1. The number of carbonyl (C=O) groups is 3. The molecule has 2 unspecified atom stereocenters. The Morgan fingerprint density at radius 2 is 2.00 bits per heavy atom. The number of rotatable bonds is 7. The van der Waals surface area contributed by atoms with Crippen molar-refractivity contribution in [2.75, 3.05) is 11.1 Å². The largest absolute Gasteiger partial charge is 0.481 e. The predicted molar refractivity (Wildman–Crippen MR) is 78.8 cm³/mol. The zero-order valence-electron chi connectivity index (χ0n) is 11.2. The minimum atomic E-state index is -0.931. The third kappa shape index (κ3) is 4.22. The zero-order chi connectivity index (χ0) is 15.4. The van der Waals surface area contributed by atoms with E-state index < -0.39 is 17.8 Å². The Morgan fingerprint density at radius 1 is 1.29 bits per heavy atom. The molecule has 2 atom stereocenters. The van der Waals surface area contributed by atoms with Crippen LogP contribution in [0.1, 0.15) is 12.8 Å². The van der Waals surface area contributed by atoms with E-state index >= 15 is 0 Å². The molecule has 0 bridgehead atoms. The van der Waals surface area contributed by atoms with E-state index in [0.29, 0.717) is 17.9 Å². The number of carboxylic acid groups (broad SMARTS) is 1. The molecule has 0 spiro atoms. The van der Waals surface area contributed by atoms with Crippen molar-refractivity contribution in [3.05, 3.63) is 24.3 Å². The Labute approximate surface area is 126 Å². The number of hydrogen-bond acceptors (Lipinski definition) is 4. The lowest BCUT2D eigenvalue weighted by molar-refractivity contribution is -0.139. The Morgan fingerprint density at radius 3 is 2.62 bits per heavy atom. The molecule has 1 aromatic rings. The van der Waals surface area contributed by atoms with Gasteiger partial charge in [0.1, 0.15) is 0 Å². The van der Waals surface area contributed by atoms with Gasteiger partial charge in [-0.25, -0.2) is 0 Å². The van der Waals surface area contributed by atoms with Crippen molar-refractivity contribution < 1.29 is 19.5 Å². The van der Waals surface area contributed by atoms with Crippen LogP contribution in [0.2, 0.25) is 0 Å². The lowest BCUT2D eigenvalue weighted by Crippen LogP contribution is -2.17. The average Bonchev–Trinajstić information content (AvgIpc) is 3.20. The van der Waals surface area contributed by atoms with Gasteiger partial charge in [0.15, 0.2) is 0 Å². The standard InChI is InChI=1S/C14H16N2O4S/c15-12(17)5-6-21-11-4-2-1-3-10(11)16-13(18)8-7-9(8)14(19)20/h1-4,8-9H,5-7H2,(H2,15,17)(H,16,18)(H,19,20). The summed E-state index contributed by atoms with van der Waals surface area (Å²) < 4.78 is 0. The predicted octanol–water partition coefficient (Wildman–Crippen LogP) is 1.31. The summed E-state index contributed by atoms with van der Waals surface area (Å²) in [5, 5.41) is 11.6. The number of anilines is 1. The van der Waals surface area contributed by atoms with Crippen molar-refractivity contribution in [3.8, 4) is 0 Å². The van der Waals surface area contributed by atoms with Crippen molar-refractivity contribution in [1.29, 1.82) is 0 Å². The fourth-order valence-corrected chi connectivity index (χ4v) is 2.91. The summed E-state index contributed by atoms with van der Waals surface area (Å²) in [7, 11) is 0. The van der Waals surface area contributed by atoms with Crippen LogP contribution in [0.25, 0.3) is 0 Å². The van der Waals surface area contributed by atoms with E-state index in [1.54, 1.807) is 12.1 Å². The summed E-state index contributed by atoms with van der Waals surface area (Å²) in [4.78, 5) is 34.3. The van der Waals surface area contributed by atoms with Gasteiger partial charge < -0.3 is 16.2 Å². The van der Waals surface area contributed by atoms with E-state index in [0.717, 1.165) is 4.90 Å². The van der Waals surface area contributed by atoms with Gasteiger partial charge in [-0.2, -0.15) is 0 Å². The number of primary amides is 1. The highest BCUT2D eigenvalue weighted by Gasteiger charge is 2.48. The van der Waals surface area contributed by atoms with Crippen LogP contribution in [0.4, 0.5) is 5.69 Å². The van der Waals surface area contributed by atoms with Gasteiger partial charge in [0.2, 0.25) is 11.8 Å². The number of carbonyl (C=O) groups excluding carboxylic acids is 2. The summed E-state index contributed by atoms with van der Waals surface area (Å²) in [5.41, 5.74) is 5.72. The third-order valence-electron chi connectivity index (χ3n) is 3.20. The Balaban J connectivity index is 1.95. The number of aliphatic carboxylic acids is 1. The molecular weight excluding hydrogens is 292 g/mol. The van der Waals surface area contributed by atoms with Crippen molar-refractivity contribution in [2.45, 2.75) is 17.7 Å². The Kier molecular flexibility index (Phi) is 4.85. The molecule has 0 heterocycles. The monoisotopic (exact) mass is 308 g/mol. The summed E-state index contributed by atoms with van der Waals surface area (Å²) in [6.45, 7) is 0. The van der Waals surface area contributed by atoms with E-state index in [4.69, 9.17) is 10.8 Å². The second-order valence-electron chi connectivity index (χ2n) is 4.84. The summed E-state index contributed by atoms with van der Waals surface area (Å²) in [5.74, 6) is -2.06. The van der Waals surface area contributed by atoms with E-state index in [2.05, 4.69) is 5.32 Å². The van der Waals surface area contributed by atoms with Crippen LogP contribution >= 0.6 is 11.8 Å². The summed E-state index contributed by atoms with van der Waals surface area (Å²) >= 11 is 1.42. The molecule has 0 radical (unpaired) electrons. The molecule has 21 heavy (non-hydrogen) atoms. The third-order valence-corrected chi connectivity index (χ3v) is 4.27. The second kappa shape index (κ2) is 6.62. The van der Waals surface area contributed by atoms with Crippen LogP contribution in [-0.4, -0.2) is 28.6 Å². The first kappa shape index (κ1) is 15.4. The van der Waals surface area contributed by atoms with Crippen LogP contribution in [0.15, 0.2) is 29.2 Å². The number of benzene rings is 1. The molecule has 6 nitrogen and oxygen atoms in total. The maximum absolute atomic E-state index is 12.0. The summed E-state index contributed by atoms with van der Waals surface area (Å²) in [6, 6.07) is 7.21. The SMILES string of the molecule is NC(=O)CCSc1ccccc1NC(=O)C1CC1C(=O)O. The molecule has 112 valence electrons. The van der Waals surface area contributed by atoms with Crippen molar-refractivity contribution in [3.63, 3.8) is 0 Å². The molecule has 0 aromatic heterocycles.